The number of Topliss-reactive ketones (excluding diaryl/α,β-unsaturated/α-hetero) is 2. The maximum absolute atomic E-state index is 15.0. The van der Waals surface area contributed by atoms with Crippen LogP contribution in [0.1, 0.15) is 109 Å². The molecule has 68 heavy (non-hydrogen) atoms. The van der Waals surface area contributed by atoms with E-state index in [0.29, 0.717) is 0 Å². The number of cyclic esters (lactones) is 1. The molecule has 0 amide bonds. The van der Waals surface area contributed by atoms with E-state index in [4.69, 9.17) is 47.4 Å². The molecular formula is C48H82O20. The number of aliphatic hydroxyl groups excluding tert-OH is 4. The summed E-state index contributed by atoms with van der Waals surface area (Å²) in [7, 11) is 2.83. The van der Waals surface area contributed by atoms with E-state index in [2.05, 4.69) is 0 Å². The Kier molecular flexibility index (Phi) is 20.5. The third-order valence-corrected chi connectivity index (χ3v) is 14.5. The van der Waals surface area contributed by atoms with Gasteiger partial charge in [0.1, 0.15) is 42.2 Å². The van der Waals surface area contributed by atoms with Crippen LogP contribution in [0.15, 0.2) is 0 Å². The molecule has 0 aromatic rings. The second-order valence-corrected chi connectivity index (χ2v) is 20.9. The number of ether oxygens (including phenoxy) is 10. The maximum Gasteiger partial charge on any atom is 0.335 e. The third-order valence-electron chi connectivity index (χ3n) is 14.5. The molecule has 0 spiro atoms. The van der Waals surface area contributed by atoms with Crippen LogP contribution in [0.4, 0.5) is 0 Å². The number of carbonyl (C=O) groups excluding carboxylic acids is 4. The molecule has 4 fully saturated rings. The normalized spacial score (nSPS) is 45.8. The van der Waals surface area contributed by atoms with Gasteiger partial charge in [-0.2, -0.15) is 0 Å². The third kappa shape index (κ3) is 13.4. The van der Waals surface area contributed by atoms with Crippen molar-refractivity contribution in [3.8, 4) is 0 Å². The van der Waals surface area contributed by atoms with Crippen molar-refractivity contribution in [2.45, 2.75) is 219 Å². The molecule has 20 heteroatoms. The first-order valence-corrected chi connectivity index (χ1v) is 24.1. The Labute approximate surface area is 400 Å². The maximum atomic E-state index is 15.0. The van der Waals surface area contributed by atoms with Gasteiger partial charge in [-0.05, 0) is 59.8 Å². The Morgan fingerprint density at radius 3 is 1.94 bits per heavy atom. The summed E-state index contributed by atoms with van der Waals surface area (Å²) >= 11 is 0. The molecule has 20 nitrogen and oxygen atoms in total. The van der Waals surface area contributed by atoms with Crippen LogP contribution in [0.3, 0.4) is 0 Å². The van der Waals surface area contributed by atoms with Crippen LogP contribution in [0.25, 0.3) is 0 Å². The van der Waals surface area contributed by atoms with Crippen LogP contribution < -0.4 is 0 Å². The first kappa shape index (κ1) is 58.3. The van der Waals surface area contributed by atoms with Crippen LogP contribution in [0.5, 0.6) is 0 Å². The van der Waals surface area contributed by atoms with Crippen LogP contribution in [0, 0.1) is 41.4 Å². The summed E-state index contributed by atoms with van der Waals surface area (Å²) < 4.78 is 61.1. The Morgan fingerprint density at radius 1 is 0.750 bits per heavy atom. The zero-order chi connectivity index (χ0) is 51.5. The van der Waals surface area contributed by atoms with Gasteiger partial charge in [-0.15, -0.1) is 0 Å². The number of rotatable bonds is 13. The fourth-order valence-corrected chi connectivity index (χ4v) is 10.3. The average Bonchev–Trinajstić information content (AvgIpc) is 3.26. The van der Waals surface area contributed by atoms with Crippen molar-refractivity contribution in [3.63, 3.8) is 0 Å². The predicted molar refractivity (Wildman–Crippen MR) is 239 cm³/mol. The Hall–Kier alpha value is -2.28. The topological polar surface area (TPSA) is 282 Å². The summed E-state index contributed by atoms with van der Waals surface area (Å²) in [5, 5.41) is 67.0. The molecule has 0 aliphatic carbocycles. The summed E-state index contributed by atoms with van der Waals surface area (Å²) in [5.41, 5.74) is -3.84. The molecule has 4 aliphatic heterocycles. The minimum Gasteiger partial charge on any atom is -0.461 e. The molecule has 4 heterocycles. The number of esters is 2. The molecule has 4 saturated heterocycles. The zero-order valence-corrected chi connectivity index (χ0v) is 42.5. The van der Waals surface area contributed by atoms with Gasteiger partial charge in [0.2, 0.25) is 0 Å². The highest BCUT2D eigenvalue weighted by Gasteiger charge is 2.52. The highest BCUT2D eigenvalue weighted by molar-refractivity contribution is 5.89. The number of aliphatic hydroxyl groups is 6. The van der Waals surface area contributed by atoms with Gasteiger partial charge in [0.25, 0.3) is 0 Å². The summed E-state index contributed by atoms with van der Waals surface area (Å²) in [6.07, 6.45) is -19.0. The molecule has 6 N–H and O–H groups in total. The second kappa shape index (κ2) is 24.0. The van der Waals surface area contributed by atoms with E-state index >= 15 is 0 Å². The highest BCUT2D eigenvalue weighted by Crippen LogP contribution is 2.40. The monoisotopic (exact) mass is 979 g/mol. The molecular weight excluding hydrogens is 897 g/mol. The van der Waals surface area contributed by atoms with Crippen molar-refractivity contribution in [2.75, 3.05) is 20.8 Å². The Bertz CT molecular complexity index is 1670. The van der Waals surface area contributed by atoms with E-state index < -0.39 is 174 Å². The minimum absolute atomic E-state index is 0.0744. The van der Waals surface area contributed by atoms with Crippen molar-refractivity contribution in [2.24, 2.45) is 41.4 Å². The van der Waals surface area contributed by atoms with Crippen molar-refractivity contribution in [1.82, 2.24) is 0 Å². The van der Waals surface area contributed by atoms with Crippen LogP contribution >= 0.6 is 0 Å². The molecule has 0 radical (unpaired) electrons. The van der Waals surface area contributed by atoms with Gasteiger partial charge in [-0.1, -0.05) is 48.5 Å². The Balaban J connectivity index is 1.88. The van der Waals surface area contributed by atoms with Crippen molar-refractivity contribution in [1.29, 1.82) is 0 Å². The fourth-order valence-electron chi connectivity index (χ4n) is 10.3. The molecule has 0 aromatic carbocycles. The largest absolute Gasteiger partial charge is 0.461 e. The molecule has 0 bridgehead atoms. The number of methoxy groups -OCH3 is 2. The predicted octanol–water partition coefficient (Wildman–Crippen LogP) is 1.60. The quantitative estimate of drug-likeness (QED) is 0.143. The number of ketones is 2. The van der Waals surface area contributed by atoms with E-state index in [1.165, 1.54) is 35.0 Å². The number of hydrogen-bond donors (Lipinski definition) is 6. The van der Waals surface area contributed by atoms with Crippen molar-refractivity contribution < 1.29 is 97.2 Å². The molecule has 24 atom stereocenters. The van der Waals surface area contributed by atoms with Gasteiger partial charge >= 0.3 is 11.9 Å². The van der Waals surface area contributed by atoms with Crippen LogP contribution in [-0.4, -0.2) is 184 Å². The van der Waals surface area contributed by atoms with Crippen molar-refractivity contribution >= 4 is 23.5 Å². The van der Waals surface area contributed by atoms with E-state index in [9.17, 15) is 49.8 Å². The average molecular weight is 979 g/mol. The van der Waals surface area contributed by atoms with Crippen LogP contribution in [-0.2, 0) is 66.5 Å². The van der Waals surface area contributed by atoms with E-state index in [0.717, 1.165) is 0 Å². The summed E-state index contributed by atoms with van der Waals surface area (Å²) in [4.78, 5) is 56.3. The van der Waals surface area contributed by atoms with Gasteiger partial charge in [-0.3, -0.25) is 14.4 Å². The lowest BCUT2D eigenvalue weighted by molar-refractivity contribution is -0.305. The fraction of sp³-hybridized carbons (Fsp3) is 0.917. The summed E-state index contributed by atoms with van der Waals surface area (Å²) in [6, 6.07) is 0. The van der Waals surface area contributed by atoms with E-state index in [1.54, 1.807) is 69.2 Å². The number of hydrogen-bond acceptors (Lipinski definition) is 20. The standard InChI is InChI=1S/C48H82O20/c1-20(2)32(50)44(56)67-37-25(7)36(22(4)19-61-46-40(60-15)39(59-14)33(51)28(10)64-46)66-43(55)27(9)38(65-31-18-48(13,58)42(54)29(11)63-31)24(6)35(21(3)17-47(12,57)41(53)26(37)8)68-45-34(52)30(49)16-23(5)62-45/h20-29,31-40,42,45-46,50-52,54,57-58H,16-19H2,1-15H3/t21-,22?,23?,24+,25-,26+,27+,28?,29?,31?,32?,33?,34?,35-,36+,37?,38-,39?,40?,42?,45?,46?,47-,48?/m0/s1. The van der Waals surface area contributed by atoms with E-state index in [1.807, 2.05) is 0 Å². The van der Waals surface area contributed by atoms with Gasteiger partial charge in [0, 0.05) is 44.8 Å². The van der Waals surface area contributed by atoms with Crippen molar-refractivity contribution in [3.05, 3.63) is 0 Å². The van der Waals surface area contributed by atoms with Crippen LogP contribution in [0.2, 0.25) is 0 Å². The Morgan fingerprint density at radius 2 is 1.37 bits per heavy atom. The second-order valence-electron chi connectivity index (χ2n) is 20.9. The van der Waals surface area contributed by atoms with Gasteiger partial charge in [0.15, 0.2) is 42.6 Å². The molecule has 4 aliphatic rings. The lowest BCUT2D eigenvalue weighted by atomic mass is 9.74. The first-order chi connectivity index (χ1) is 31.5. The SMILES string of the molecule is COC1C(OCC(C)[C@H]2OC(=O)[C@H](C)[C@@H](OC3CC(C)(O)C(O)C(C)O3)[C@H](C)[C@@H](OC3OC(C)CC(=O)C3O)[C@@H](C)C[C@](C)(O)C(=O)[C@H](C)C(OC(=O)C(O)C(C)C)[C@H]2C)OC(C)C(O)C1OC. The van der Waals surface area contributed by atoms with E-state index in [-0.39, 0.29) is 25.9 Å². The van der Waals surface area contributed by atoms with Gasteiger partial charge in [0.05, 0.1) is 54.6 Å². The molecule has 394 valence electrons. The first-order valence-electron chi connectivity index (χ1n) is 24.1. The zero-order valence-electron chi connectivity index (χ0n) is 42.5. The van der Waals surface area contributed by atoms with Gasteiger partial charge < -0.3 is 78.0 Å². The smallest absolute Gasteiger partial charge is 0.335 e. The summed E-state index contributed by atoms with van der Waals surface area (Å²) in [6.45, 7) is 20.3. The summed E-state index contributed by atoms with van der Waals surface area (Å²) in [5.74, 6) is -9.79. The lowest BCUT2D eigenvalue weighted by Crippen LogP contribution is -2.59. The lowest BCUT2D eigenvalue weighted by Gasteiger charge is -2.46. The highest BCUT2D eigenvalue weighted by atomic mass is 16.7. The molecule has 15 unspecified atom stereocenters. The molecule has 0 saturated carbocycles. The molecule has 0 aromatic heterocycles. The molecule has 4 rings (SSSR count). The minimum atomic E-state index is -2.16. The van der Waals surface area contributed by atoms with Gasteiger partial charge in [-0.25, -0.2) is 4.79 Å². The number of carbonyl (C=O) groups is 4.